The molecule has 1 unspecified atom stereocenters. The molecule has 2 rings (SSSR count). The summed E-state index contributed by atoms with van der Waals surface area (Å²) in [5.41, 5.74) is 1.81. The lowest BCUT2D eigenvalue weighted by molar-refractivity contribution is 0.923. The van der Waals surface area contributed by atoms with Crippen LogP contribution in [0.15, 0.2) is 30.3 Å². The number of hydrogen-bond acceptors (Lipinski definition) is 0. The molecule has 0 amide bonds. The predicted molar refractivity (Wildman–Crippen MR) is 85.5 cm³/mol. The zero-order valence-electron chi connectivity index (χ0n) is 9.85. The molecular formula is C14H9Cl5. The van der Waals surface area contributed by atoms with Gasteiger partial charge in [0, 0.05) is 16.0 Å². The first-order valence-corrected chi connectivity index (χ1v) is 7.39. The van der Waals surface area contributed by atoms with E-state index in [9.17, 15) is 0 Å². The molecule has 0 N–H and O–H groups in total. The average Bonchev–Trinajstić information content (AvgIpc) is 2.35. The summed E-state index contributed by atoms with van der Waals surface area (Å²) < 4.78 is 0. The lowest BCUT2D eigenvalue weighted by Gasteiger charge is -2.17. The van der Waals surface area contributed by atoms with Gasteiger partial charge in [0.15, 0.2) is 0 Å². The highest BCUT2D eigenvalue weighted by Crippen LogP contribution is 2.40. The first-order valence-electron chi connectivity index (χ1n) is 5.50. The van der Waals surface area contributed by atoms with E-state index in [0.29, 0.717) is 25.1 Å². The summed E-state index contributed by atoms with van der Waals surface area (Å²) in [5, 5.41) is 2.44. The van der Waals surface area contributed by atoms with Crippen LogP contribution in [0, 0.1) is 0 Å². The lowest BCUT2D eigenvalue weighted by Crippen LogP contribution is -1.98. The van der Waals surface area contributed by atoms with E-state index < -0.39 is 0 Å². The summed E-state index contributed by atoms with van der Waals surface area (Å²) in [6.07, 6.45) is 0. The van der Waals surface area contributed by atoms with E-state index in [1.807, 2.05) is 19.1 Å². The van der Waals surface area contributed by atoms with Crippen molar-refractivity contribution in [2.24, 2.45) is 0 Å². The monoisotopic (exact) mass is 352 g/mol. The van der Waals surface area contributed by atoms with Gasteiger partial charge in [-0.15, -0.1) is 0 Å². The molecule has 100 valence electrons. The minimum Gasteiger partial charge on any atom is -0.0843 e. The van der Waals surface area contributed by atoms with Crippen molar-refractivity contribution in [1.82, 2.24) is 0 Å². The second-order valence-electron chi connectivity index (χ2n) is 4.15. The molecule has 0 aliphatic carbocycles. The maximum absolute atomic E-state index is 6.24. The first-order chi connectivity index (χ1) is 8.91. The van der Waals surface area contributed by atoms with Gasteiger partial charge in [0.05, 0.1) is 15.1 Å². The van der Waals surface area contributed by atoms with E-state index in [-0.39, 0.29) is 5.92 Å². The van der Waals surface area contributed by atoms with Gasteiger partial charge in [0.25, 0.3) is 0 Å². The van der Waals surface area contributed by atoms with Crippen molar-refractivity contribution in [1.29, 1.82) is 0 Å². The average molecular weight is 354 g/mol. The maximum atomic E-state index is 6.24. The normalized spacial score (nSPS) is 12.5. The number of hydrogen-bond donors (Lipinski definition) is 0. The van der Waals surface area contributed by atoms with Crippen molar-refractivity contribution >= 4 is 58.0 Å². The van der Waals surface area contributed by atoms with Crippen molar-refractivity contribution in [3.8, 4) is 0 Å². The molecule has 0 fully saturated rings. The Bertz CT molecular complexity index is 621. The Morgan fingerprint density at radius 3 is 2.00 bits per heavy atom. The Kier molecular flexibility index (Phi) is 4.92. The molecule has 0 spiro atoms. The highest BCUT2D eigenvalue weighted by Gasteiger charge is 2.18. The molecule has 0 nitrogen and oxygen atoms in total. The molecule has 0 radical (unpaired) electrons. The quantitative estimate of drug-likeness (QED) is 0.504. The van der Waals surface area contributed by atoms with Crippen molar-refractivity contribution in [2.45, 2.75) is 12.8 Å². The molecule has 0 saturated heterocycles. The molecule has 0 aliphatic heterocycles. The maximum Gasteiger partial charge on any atom is 0.0781 e. The molecule has 0 saturated carbocycles. The third-order valence-corrected chi connectivity index (χ3v) is 4.83. The van der Waals surface area contributed by atoms with E-state index in [4.69, 9.17) is 58.0 Å². The van der Waals surface area contributed by atoms with E-state index >= 15 is 0 Å². The SMILES string of the molecule is CC(c1ccc(Cl)cc1Cl)c1ccc(Cl)c(Cl)c1Cl. The number of rotatable bonds is 2. The van der Waals surface area contributed by atoms with Gasteiger partial charge in [0.1, 0.15) is 0 Å². The minimum atomic E-state index is -0.00738. The van der Waals surface area contributed by atoms with Crippen LogP contribution in [-0.2, 0) is 0 Å². The Balaban J connectivity index is 2.50. The molecule has 5 heteroatoms. The highest BCUT2D eigenvalue weighted by molar-refractivity contribution is 6.48. The van der Waals surface area contributed by atoms with Gasteiger partial charge in [-0.25, -0.2) is 0 Å². The van der Waals surface area contributed by atoms with Crippen LogP contribution in [0.2, 0.25) is 25.1 Å². The summed E-state index contributed by atoms with van der Waals surface area (Å²) in [6, 6.07) is 8.97. The second-order valence-corrected chi connectivity index (χ2v) is 6.16. The standard InChI is InChI=1S/C14H9Cl5/c1-7(9-3-2-8(15)6-12(9)17)10-4-5-11(16)14(19)13(10)18/h2-7H,1H3. The molecule has 2 aromatic carbocycles. The largest absolute Gasteiger partial charge is 0.0843 e. The van der Waals surface area contributed by atoms with Gasteiger partial charge in [0.2, 0.25) is 0 Å². The Labute approximate surface area is 137 Å². The highest BCUT2D eigenvalue weighted by atomic mass is 35.5. The van der Waals surface area contributed by atoms with Crippen molar-refractivity contribution in [2.75, 3.05) is 0 Å². The molecule has 0 aliphatic rings. The Morgan fingerprint density at radius 2 is 1.37 bits per heavy atom. The van der Waals surface area contributed by atoms with Crippen LogP contribution in [0.3, 0.4) is 0 Å². The number of benzene rings is 2. The van der Waals surface area contributed by atoms with Crippen LogP contribution < -0.4 is 0 Å². The van der Waals surface area contributed by atoms with Crippen LogP contribution in [0.25, 0.3) is 0 Å². The topological polar surface area (TPSA) is 0 Å². The Morgan fingerprint density at radius 1 is 0.737 bits per heavy atom. The fraction of sp³-hybridized carbons (Fsp3) is 0.143. The molecule has 1 atom stereocenters. The van der Waals surface area contributed by atoms with Crippen LogP contribution in [0.4, 0.5) is 0 Å². The van der Waals surface area contributed by atoms with E-state index in [1.165, 1.54) is 0 Å². The van der Waals surface area contributed by atoms with E-state index in [2.05, 4.69) is 0 Å². The third-order valence-electron chi connectivity index (χ3n) is 2.96. The van der Waals surface area contributed by atoms with Crippen molar-refractivity contribution in [3.05, 3.63) is 66.6 Å². The molecule has 2 aromatic rings. The van der Waals surface area contributed by atoms with Crippen LogP contribution in [0.1, 0.15) is 24.0 Å². The fourth-order valence-corrected chi connectivity index (χ4v) is 3.17. The van der Waals surface area contributed by atoms with Gasteiger partial charge in [-0.2, -0.15) is 0 Å². The third kappa shape index (κ3) is 3.15. The molecule has 19 heavy (non-hydrogen) atoms. The second kappa shape index (κ2) is 6.11. The summed E-state index contributed by atoms with van der Waals surface area (Å²) in [4.78, 5) is 0. The van der Waals surface area contributed by atoms with Gasteiger partial charge >= 0.3 is 0 Å². The van der Waals surface area contributed by atoms with Crippen LogP contribution >= 0.6 is 58.0 Å². The summed E-state index contributed by atoms with van der Waals surface area (Å²) in [5.74, 6) is -0.00738. The molecular weight excluding hydrogens is 345 g/mol. The van der Waals surface area contributed by atoms with Gasteiger partial charge in [-0.05, 0) is 29.3 Å². The molecule has 0 aromatic heterocycles. The van der Waals surface area contributed by atoms with Crippen molar-refractivity contribution < 1.29 is 0 Å². The van der Waals surface area contributed by atoms with Crippen LogP contribution in [-0.4, -0.2) is 0 Å². The summed E-state index contributed by atoms with van der Waals surface area (Å²) in [7, 11) is 0. The van der Waals surface area contributed by atoms with Gasteiger partial charge in [-0.1, -0.05) is 77.1 Å². The molecule has 0 heterocycles. The van der Waals surface area contributed by atoms with Crippen LogP contribution in [0.5, 0.6) is 0 Å². The van der Waals surface area contributed by atoms with Gasteiger partial charge in [-0.3, -0.25) is 0 Å². The number of halogens is 5. The summed E-state index contributed by atoms with van der Waals surface area (Å²) >= 11 is 30.3. The Hall–Kier alpha value is -0.110. The lowest BCUT2D eigenvalue weighted by atomic mass is 9.93. The predicted octanol–water partition coefficient (Wildman–Crippen LogP) is 7.11. The zero-order valence-corrected chi connectivity index (χ0v) is 13.6. The van der Waals surface area contributed by atoms with Gasteiger partial charge < -0.3 is 0 Å². The summed E-state index contributed by atoms with van der Waals surface area (Å²) in [6.45, 7) is 2.00. The fourth-order valence-electron chi connectivity index (χ4n) is 1.90. The first kappa shape index (κ1) is 15.3. The van der Waals surface area contributed by atoms with Crippen molar-refractivity contribution in [3.63, 3.8) is 0 Å². The van der Waals surface area contributed by atoms with E-state index in [1.54, 1.807) is 18.2 Å². The van der Waals surface area contributed by atoms with E-state index in [0.717, 1.165) is 11.1 Å². The minimum absolute atomic E-state index is 0.00738. The molecule has 0 bridgehead atoms. The zero-order chi connectivity index (χ0) is 14.2. The smallest absolute Gasteiger partial charge is 0.0781 e.